The number of alkyl halides is 2. The van der Waals surface area contributed by atoms with E-state index >= 15 is 0 Å². The highest BCUT2D eigenvalue weighted by molar-refractivity contribution is 5.79. The van der Waals surface area contributed by atoms with Crippen LogP contribution in [0, 0.1) is 0 Å². The van der Waals surface area contributed by atoms with Gasteiger partial charge in [-0.05, 0) is 35.7 Å². The Morgan fingerprint density at radius 2 is 1.92 bits per heavy atom. The van der Waals surface area contributed by atoms with E-state index in [4.69, 9.17) is 4.74 Å². The first kappa shape index (κ1) is 19.5. The second-order valence-electron chi connectivity index (χ2n) is 5.44. The summed E-state index contributed by atoms with van der Waals surface area (Å²) in [4.78, 5) is 4.16. The number of nitrogens with zero attached hydrogens (tertiary/aromatic N) is 1. The van der Waals surface area contributed by atoms with Crippen molar-refractivity contribution in [2.75, 3.05) is 20.7 Å². The molecule has 0 fully saturated rings. The fourth-order valence-electron chi connectivity index (χ4n) is 2.46. The number of rotatable bonds is 8. The second kappa shape index (κ2) is 10.2. The van der Waals surface area contributed by atoms with E-state index in [9.17, 15) is 8.78 Å². The van der Waals surface area contributed by atoms with Gasteiger partial charge in [0.05, 0.1) is 7.11 Å². The van der Waals surface area contributed by atoms with Crippen LogP contribution in [0.15, 0.2) is 53.5 Å². The molecule has 0 unspecified atom stereocenters. The Bertz CT molecular complexity index is 723. The van der Waals surface area contributed by atoms with Crippen LogP contribution < -0.4 is 20.1 Å². The van der Waals surface area contributed by atoms with Crippen LogP contribution in [-0.4, -0.2) is 33.3 Å². The summed E-state index contributed by atoms with van der Waals surface area (Å²) >= 11 is 0. The molecule has 7 heteroatoms. The van der Waals surface area contributed by atoms with Gasteiger partial charge in [0.25, 0.3) is 0 Å². The molecule has 0 atom stereocenters. The summed E-state index contributed by atoms with van der Waals surface area (Å²) in [5.74, 6) is 1.62. The summed E-state index contributed by atoms with van der Waals surface area (Å²) in [5, 5.41) is 6.36. The first-order valence-corrected chi connectivity index (χ1v) is 8.22. The molecule has 2 rings (SSSR count). The Morgan fingerprint density at radius 1 is 1.12 bits per heavy atom. The van der Waals surface area contributed by atoms with Gasteiger partial charge in [-0.2, -0.15) is 8.78 Å². The standard InChI is InChI=1S/C19H23F2N3O2/c1-22-19(23-11-10-15-7-3-4-9-17(15)25-2)24-13-14-6-5-8-16(12-14)26-18(20)21/h3-9,12,18H,10-11,13H2,1-2H3,(H2,22,23,24). The van der Waals surface area contributed by atoms with Crippen molar-refractivity contribution < 1.29 is 18.3 Å². The molecule has 0 saturated carbocycles. The third kappa shape index (κ3) is 6.23. The van der Waals surface area contributed by atoms with Crippen LogP contribution in [0.2, 0.25) is 0 Å². The zero-order chi connectivity index (χ0) is 18.8. The third-order valence-corrected chi connectivity index (χ3v) is 3.69. The van der Waals surface area contributed by atoms with Gasteiger partial charge in [0.2, 0.25) is 0 Å². The Labute approximate surface area is 152 Å². The van der Waals surface area contributed by atoms with Crippen LogP contribution in [0.3, 0.4) is 0 Å². The van der Waals surface area contributed by atoms with E-state index in [1.54, 1.807) is 26.3 Å². The van der Waals surface area contributed by atoms with Gasteiger partial charge in [-0.25, -0.2) is 0 Å². The van der Waals surface area contributed by atoms with Crippen molar-refractivity contribution in [1.29, 1.82) is 0 Å². The highest BCUT2D eigenvalue weighted by Crippen LogP contribution is 2.17. The molecule has 0 spiro atoms. The summed E-state index contributed by atoms with van der Waals surface area (Å²) in [6, 6.07) is 14.4. The summed E-state index contributed by atoms with van der Waals surface area (Å²) in [6.45, 7) is -1.72. The average molecular weight is 363 g/mol. The number of halogens is 2. The number of hydrogen-bond donors (Lipinski definition) is 2. The summed E-state index contributed by atoms with van der Waals surface area (Å²) in [7, 11) is 3.33. The number of guanidine groups is 1. The molecular formula is C19H23F2N3O2. The molecule has 0 aliphatic carbocycles. The maximum atomic E-state index is 12.3. The quantitative estimate of drug-likeness (QED) is 0.559. The minimum atomic E-state index is -2.83. The van der Waals surface area contributed by atoms with E-state index in [0.717, 1.165) is 23.3 Å². The molecule has 2 aromatic rings. The van der Waals surface area contributed by atoms with Crippen molar-refractivity contribution in [1.82, 2.24) is 10.6 Å². The first-order chi connectivity index (χ1) is 12.6. The molecular weight excluding hydrogens is 340 g/mol. The number of ether oxygens (including phenoxy) is 2. The molecule has 0 radical (unpaired) electrons. The molecule has 26 heavy (non-hydrogen) atoms. The lowest BCUT2D eigenvalue weighted by Crippen LogP contribution is -2.37. The van der Waals surface area contributed by atoms with Gasteiger partial charge in [0.1, 0.15) is 11.5 Å². The Hall–Kier alpha value is -2.83. The van der Waals surface area contributed by atoms with Crippen LogP contribution in [0.5, 0.6) is 11.5 Å². The van der Waals surface area contributed by atoms with E-state index in [1.807, 2.05) is 30.3 Å². The van der Waals surface area contributed by atoms with Gasteiger partial charge in [-0.15, -0.1) is 0 Å². The molecule has 0 saturated heterocycles. The number of hydrogen-bond acceptors (Lipinski definition) is 3. The number of benzene rings is 2. The summed E-state index contributed by atoms with van der Waals surface area (Å²) in [6.07, 6.45) is 0.780. The van der Waals surface area contributed by atoms with Gasteiger partial charge in [-0.1, -0.05) is 30.3 Å². The molecule has 0 bridgehead atoms. The highest BCUT2D eigenvalue weighted by atomic mass is 19.3. The van der Waals surface area contributed by atoms with Crippen molar-refractivity contribution >= 4 is 5.96 Å². The van der Waals surface area contributed by atoms with E-state index < -0.39 is 6.61 Å². The molecule has 140 valence electrons. The van der Waals surface area contributed by atoms with Crippen molar-refractivity contribution in [3.8, 4) is 11.5 Å². The Kier molecular flexibility index (Phi) is 7.67. The zero-order valence-electron chi connectivity index (χ0n) is 14.8. The first-order valence-electron chi connectivity index (χ1n) is 8.22. The van der Waals surface area contributed by atoms with Crippen molar-refractivity contribution in [3.05, 3.63) is 59.7 Å². The maximum Gasteiger partial charge on any atom is 0.387 e. The van der Waals surface area contributed by atoms with E-state index in [2.05, 4.69) is 20.4 Å². The molecule has 0 aliphatic heterocycles. The smallest absolute Gasteiger partial charge is 0.387 e. The Balaban J connectivity index is 1.82. The predicted octanol–water partition coefficient (Wildman–Crippen LogP) is 3.20. The Morgan fingerprint density at radius 3 is 2.65 bits per heavy atom. The maximum absolute atomic E-state index is 12.3. The molecule has 5 nitrogen and oxygen atoms in total. The van der Waals surface area contributed by atoms with E-state index in [0.29, 0.717) is 19.0 Å². The SMILES string of the molecule is CN=C(NCCc1ccccc1OC)NCc1cccc(OC(F)F)c1. The minimum Gasteiger partial charge on any atom is -0.496 e. The normalized spacial score (nSPS) is 11.3. The lowest BCUT2D eigenvalue weighted by Gasteiger charge is -2.13. The molecule has 0 heterocycles. The van der Waals surface area contributed by atoms with Gasteiger partial charge in [0, 0.05) is 20.1 Å². The lowest BCUT2D eigenvalue weighted by molar-refractivity contribution is -0.0498. The molecule has 0 aliphatic rings. The lowest BCUT2D eigenvalue weighted by atomic mass is 10.1. The molecule has 2 N–H and O–H groups in total. The largest absolute Gasteiger partial charge is 0.496 e. The van der Waals surface area contributed by atoms with Gasteiger partial charge >= 0.3 is 6.61 Å². The van der Waals surface area contributed by atoms with E-state index in [-0.39, 0.29) is 5.75 Å². The van der Waals surface area contributed by atoms with Crippen molar-refractivity contribution in [3.63, 3.8) is 0 Å². The van der Waals surface area contributed by atoms with Crippen molar-refractivity contribution in [2.45, 2.75) is 19.6 Å². The fraction of sp³-hybridized carbons (Fsp3) is 0.316. The zero-order valence-corrected chi connectivity index (χ0v) is 14.8. The highest BCUT2D eigenvalue weighted by Gasteiger charge is 2.06. The van der Waals surface area contributed by atoms with Crippen LogP contribution in [0.1, 0.15) is 11.1 Å². The number of methoxy groups -OCH3 is 1. The average Bonchev–Trinajstić information content (AvgIpc) is 2.64. The third-order valence-electron chi connectivity index (χ3n) is 3.69. The van der Waals surface area contributed by atoms with E-state index in [1.165, 1.54) is 6.07 Å². The predicted molar refractivity (Wildman–Crippen MR) is 98.0 cm³/mol. The topological polar surface area (TPSA) is 54.9 Å². The second-order valence-corrected chi connectivity index (χ2v) is 5.44. The van der Waals surface area contributed by atoms with Crippen molar-refractivity contribution in [2.24, 2.45) is 4.99 Å². The monoisotopic (exact) mass is 363 g/mol. The van der Waals surface area contributed by atoms with Gasteiger partial charge < -0.3 is 20.1 Å². The molecule has 2 aromatic carbocycles. The number of aliphatic imine (C=N–C) groups is 1. The van der Waals surface area contributed by atoms with Crippen LogP contribution in [0.25, 0.3) is 0 Å². The molecule has 0 amide bonds. The van der Waals surface area contributed by atoms with Crippen LogP contribution >= 0.6 is 0 Å². The van der Waals surface area contributed by atoms with Gasteiger partial charge in [-0.3, -0.25) is 4.99 Å². The van der Waals surface area contributed by atoms with Crippen LogP contribution in [0.4, 0.5) is 8.78 Å². The minimum absolute atomic E-state index is 0.137. The number of nitrogens with one attached hydrogen (secondary N) is 2. The summed E-state index contributed by atoms with van der Waals surface area (Å²) in [5.41, 5.74) is 1.92. The summed E-state index contributed by atoms with van der Waals surface area (Å²) < 4.78 is 34.3. The number of para-hydroxylation sites is 1. The van der Waals surface area contributed by atoms with Crippen LogP contribution in [-0.2, 0) is 13.0 Å². The fourth-order valence-corrected chi connectivity index (χ4v) is 2.46. The molecule has 0 aromatic heterocycles. The van der Waals surface area contributed by atoms with Gasteiger partial charge in [0.15, 0.2) is 5.96 Å².